The van der Waals surface area contributed by atoms with Gasteiger partial charge in [-0.2, -0.15) is 0 Å². The van der Waals surface area contributed by atoms with Crippen molar-refractivity contribution in [3.8, 4) is 0 Å². The molecule has 0 atom stereocenters. The van der Waals surface area contributed by atoms with Crippen LogP contribution in [0.3, 0.4) is 0 Å². The molecular weight excluding hydrogens is 162 g/mol. The Hall–Kier alpha value is -0.0800. The molecule has 1 heterocycles. The first-order chi connectivity index (χ1) is 6.28. The Balaban J connectivity index is 1.68. The summed E-state index contributed by atoms with van der Waals surface area (Å²) in [7, 11) is 1.82. The molecule has 1 aliphatic heterocycles. The maximum absolute atomic E-state index is 5.27. The number of ether oxygens (including phenoxy) is 1. The number of methoxy groups -OCH3 is 1. The van der Waals surface area contributed by atoms with E-state index >= 15 is 0 Å². The van der Waals surface area contributed by atoms with Gasteiger partial charge in [-0.15, -0.1) is 0 Å². The maximum Gasteiger partial charge on any atom is 0.0530 e. The number of likely N-dealkylation sites (tertiary alicyclic amines) is 1. The third kappa shape index (κ3) is 2.05. The highest BCUT2D eigenvalue weighted by atomic mass is 16.5. The summed E-state index contributed by atoms with van der Waals surface area (Å²) in [6.07, 6.45) is 4.12. The minimum atomic E-state index is 0.563. The van der Waals surface area contributed by atoms with Crippen LogP contribution in [0, 0.1) is 11.3 Å². The van der Waals surface area contributed by atoms with Gasteiger partial charge in [0.15, 0.2) is 0 Å². The Morgan fingerprint density at radius 3 is 2.54 bits per heavy atom. The van der Waals surface area contributed by atoms with Crippen LogP contribution in [0.5, 0.6) is 0 Å². The van der Waals surface area contributed by atoms with Crippen molar-refractivity contribution in [2.75, 3.05) is 33.4 Å². The monoisotopic (exact) mass is 183 g/mol. The van der Waals surface area contributed by atoms with Gasteiger partial charge in [-0.3, -0.25) is 0 Å². The van der Waals surface area contributed by atoms with Gasteiger partial charge in [0.05, 0.1) is 6.61 Å². The van der Waals surface area contributed by atoms with Crippen LogP contribution >= 0.6 is 0 Å². The van der Waals surface area contributed by atoms with E-state index in [-0.39, 0.29) is 0 Å². The van der Waals surface area contributed by atoms with Crippen LogP contribution in [0.25, 0.3) is 0 Å². The third-order valence-electron chi connectivity index (χ3n) is 3.58. The van der Waals surface area contributed by atoms with E-state index in [1.807, 2.05) is 7.11 Å². The van der Waals surface area contributed by atoms with Crippen molar-refractivity contribution in [2.45, 2.75) is 26.2 Å². The Morgan fingerprint density at radius 1 is 1.38 bits per heavy atom. The summed E-state index contributed by atoms with van der Waals surface area (Å²) in [6, 6.07) is 0. The number of hydrogen-bond acceptors (Lipinski definition) is 2. The van der Waals surface area contributed by atoms with Crippen molar-refractivity contribution in [3.63, 3.8) is 0 Å². The second-order valence-corrected chi connectivity index (χ2v) is 4.90. The molecule has 0 spiro atoms. The maximum atomic E-state index is 5.27. The second-order valence-electron chi connectivity index (χ2n) is 4.90. The molecule has 2 fully saturated rings. The average Bonchev–Trinajstić information content (AvgIpc) is 2.78. The van der Waals surface area contributed by atoms with E-state index in [1.54, 1.807) is 0 Å². The Bertz CT molecular complexity index is 171. The molecule has 0 N–H and O–H groups in total. The molecule has 0 unspecified atom stereocenters. The van der Waals surface area contributed by atoms with Crippen LogP contribution in [0.2, 0.25) is 0 Å². The highest BCUT2D eigenvalue weighted by Crippen LogP contribution is 2.47. The molecule has 0 amide bonds. The normalized spacial score (nSPS) is 27.2. The molecule has 2 nitrogen and oxygen atoms in total. The lowest BCUT2D eigenvalue weighted by Crippen LogP contribution is -2.49. The summed E-state index contributed by atoms with van der Waals surface area (Å²) in [6.45, 7) is 7.23. The fourth-order valence-electron chi connectivity index (χ4n) is 2.37. The van der Waals surface area contributed by atoms with Crippen LogP contribution in [0.15, 0.2) is 0 Å². The van der Waals surface area contributed by atoms with Gasteiger partial charge in [-0.25, -0.2) is 0 Å². The molecule has 0 aromatic carbocycles. The van der Waals surface area contributed by atoms with E-state index in [4.69, 9.17) is 4.74 Å². The number of nitrogens with zero attached hydrogens (tertiary/aromatic N) is 1. The molecule has 0 aromatic heterocycles. The van der Waals surface area contributed by atoms with Crippen molar-refractivity contribution in [1.82, 2.24) is 4.90 Å². The summed E-state index contributed by atoms with van der Waals surface area (Å²) >= 11 is 0. The lowest BCUT2D eigenvalue weighted by molar-refractivity contribution is 0.0452. The first-order valence-electron chi connectivity index (χ1n) is 5.49. The summed E-state index contributed by atoms with van der Waals surface area (Å²) in [4.78, 5) is 2.60. The summed E-state index contributed by atoms with van der Waals surface area (Å²) in [5.74, 6) is 0.985. The summed E-state index contributed by atoms with van der Waals surface area (Å²) < 4.78 is 5.27. The van der Waals surface area contributed by atoms with Crippen LogP contribution < -0.4 is 0 Å². The minimum Gasteiger partial charge on any atom is -0.384 e. The van der Waals surface area contributed by atoms with Crippen molar-refractivity contribution in [3.05, 3.63) is 0 Å². The van der Waals surface area contributed by atoms with Crippen LogP contribution in [0.4, 0.5) is 0 Å². The molecule has 0 radical (unpaired) electrons. The van der Waals surface area contributed by atoms with Gasteiger partial charge in [0.1, 0.15) is 0 Å². The number of rotatable bonds is 5. The van der Waals surface area contributed by atoms with E-state index in [2.05, 4.69) is 11.8 Å². The van der Waals surface area contributed by atoms with E-state index in [9.17, 15) is 0 Å². The molecular formula is C11H21NO. The Kier molecular flexibility index (Phi) is 2.61. The third-order valence-corrected chi connectivity index (χ3v) is 3.58. The van der Waals surface area contributed by atoms with Gasteiger partial charge < -0.3 is 9.64 Å². The molecule has 2 aliphatic rings. The van der Waals surface area contributed by atoms with E-state index in [0.717, 1.165) is 12.5 Å². The summed E-state index contributed by atoms with van der Waals surface area (Å²) in [5.41, 5.74) is 0.563. The van der Waals surface area contributed by atoms with Crippen LogP contribution in [0.1, 0.15) is 26.2 Å². The van der Waals surface area contributed by atoms with Gasteiger partial charge >= 0.3 is 0 Å². The van der Waals surface area contributed by atoms with Gasteiger partial charge in [0, 0.05) is 32.2 Å². The van der Waals surface area contributed by atoms with E-state index < -0.39 is 0 Å². The lowest BCUT2D eigenvalue weighted by atomic mass is 9.95. The zero-order valence-corrected chi connectivity index (χ0v) is 8.88. The minimum absolute atomic E-state index is 0.563. The molecule has 1 aliphatic carbocycles. The van der Waals surface area contributed by atoms with Gasteiger partial charge in [0.2, 0.25) is 0 Å². The SMILES string of the molecule is CCC1CN(CC2(COC)CC2)C1. The quantitative estimate of drug-likeness (QED) is 0.644. The molecule has 13 heavy (non-hydrogen) atoms. The zero-order valence-electron chi connectivity index (χ0n) is 8.88. The van der Waals surface area contributed by atoms with Gasteiger partial charge in [0.25, 0.3) is 0 Å². The summed E-state index contributed by atoms with van der Waals surface area (Å²) in [5, 5.41) is 0. The molecule has 1 saturated heterocycles. The largest absolute Gasteiger partial charge is 0.384 e. The predicted molar refractivity (Wildman–Crippen MR) is 53.8 cm³/mol. The predicted octanol–water partition coefficient (Wildman–Crippen LogP) is 1.75. The molecule has 0 aromatic rings. The Morgan fingerprint density at radius 2 is 2.08 bits per heavy atom. The first-order valence-corrected chi connectivity index (χ1v) is 5.49. The van der Waals surface area contributed by atoms with Crippen molar-refractivity contribution >= 4 is 0 Å². The lowest BCUT2D eigenvalue weighted by Gasteiger charge is -2.41. The Labute approximate surface area is 81.3 Å². The zero-order chi connectivity index (χ0) is 9.31. The highest BCUT2D eigenvalue weighted by molar-refractivity contribution is 4.97. The van der Waals surface area contributed by atoms with E-state index in [1.165, 1.54) is 38.9 Å². The van der Waals surface area contributed by atoms with Crippen LogP contribution in [-0.2, 0) is 4.74 Å². The molecule has 1 saturated carbocycles. The van der Waals surface area contributed by atoms with E-state index in [0.29, 0.717) is 5.41 Å². The molecule has 76 valence electrons. The molecule has 2 rings (SSSR count). The molecule has 2 heteroatoms. The average molecular weight is 183 g/mol. The fourth-order valence-corrected chi connectivity index (χ4v) is 2.37. The van der Waals surface area contributed by atoms with Gasteiger partial charge in [-0.05, 0) is 18.8 Å². The second kappa shape index (κ2) is 3.58. The van der Waals surface area contributed by atoms with Gasteiger partial charge in [-0.1, -0.05) is 13.3 Å². The molecule has 0 bridgehead atoms. The topological polar surface area (TPSA) is 12.5 Å². The standard InChI is InChI=1S/C11H21NO/c1-3-10-6-12(7-10)8-11(4-5-11)9-13-2/h10H,3-9H2,1-2H3. The van der Waals surface area contributed by atoms with Crippen molar-refractivity contribution in [1.29, 1.82) is 0 Å². The fraction of sp³-hybridized carbons (Fsp3) is 1.00. The first kappa shape index (κ1) is 9.47. The van der Waals surface area contributed by atoms with Crippen molar-refractivity contribution in [2.24, 2.45) is 11.3 Å². The number of hydrogen-bond donors (Lipinski definition) is 0. The smallest absolute Gasteiger partial charge is 0.0530 e. The highest BCUT2D eigenvalue weighted by Gasteiger charge is 2.45. The van der Waals surface area contributed by atoms with Crippen molar-refractivity contribution < 1.29 is 4.74 Å². The van der Waals surface area contributed by atoms with Crippen LogP contribution in [-0.4, -0.2) is 38.3 Å².